The number of hydrogen-bond acceptors (Lipinski definition) is 1. The van der Waals surface area contributed by atoms with Crippen molar-refractivity contribution in [2.24, 2.45) is 11.8 Å². The SMILES string of the molecule is O=C(CCC(F)(F)F)NCC1CCCCC1CBr. The van der Waals surface area contributed by atoms with Crippen molar-refractivity contribution >= 4 is 21.8 Å². The average Bonchev–Trinajstić information content (AvgIpc) is 2.33. The first kappa shape index (κ1) is 15.8. The molecule has 1 saturated carbocycles. The standard InChI is InChI=1S/C12H19BrF3NO/c13-7-9-3-1-2-4-10(9)8-17-11(18)5-6-12(14,15)16/h9-10H,1-8H2,(H,17,18). The first-order valence-electron chi connectivity index (χ1n) is 6.32. The second-order valence-corrected chi connectivity index (χ2v) is 5.53. The van der Waals surface area contributed by atoms with E-state index >= 15 is 0 Å². The summed E-state index contributed by atoms with van der Waals surface area (Å²) < 4.78 is 35.8. The molecule has 106 valence electrons. The van der Waals surface area contributed by atoms with Crippen molar-refractivity contribution in [2.45, 2.75) is 44.7 Å². The summed E-state index contributed by atoms with van der Waals surface area (Å²) in [5.74, 6) is 0.431. The van der Waals surface area contributed by atoms with Gasteiger partial charge in [-0.25, -0.2) is 0 Å². The van der Waals surface area contributed by atoms with Crippen molar-refractivity contribution in [3.63, 3.8) is 0 Å². The molecule has 0 heterocycles. The molecule has 0 aliphatic heterocycles. The molecule has 0 aromatic heterocycles. The Balaban J connectivity index is 2.24. The molecule has 6 heteroatoms. The Bertz CT molecular complexity index is 271. The van der Waals surface area contributed by atoms with E-state index in [4.69, 9.17) is 0 Å². The first-order chi connectivity index (χ1) is 8.42. The molecule has 0 radical (unpaired) electrons. The molecular formula is C12H19BrF3NO. The zero-order valence-electron chi connectivity index (χ0n) is 10.2. The Morgan fingerprint density at radius 1 is 1.22 bits per heavy atom. The molecular weight excluding hydrogens is 311 g/mol. The minimum absolute atomic E-state index is 0.396. The lowest BCUT2D eigenvalue weighted by molar-refractivity contribution is -0.144. The Labute approximate surface area is 114 Å². The van der Waals surface area contributed by atoms with E-state index in [2.05, 4.69) is 21.2 Å². The van der Waals surface area contributed by atoms with Crippen LogP contribution < -0.4 is 5.32 Å². The van der Waals surface area contributed by atoms with Gasteiger partial charge in [-0.05, 0) is 24.7 Å². The molecule has 1 N–H and O–H groups in total. The van der Waals surface area contributed by atoms with Gasteiger partial charge in [-0.15, -0.1) is 0 Å². The van der Waals surface area contributed by atoms with Gasteiger partial charge in [0.05, 0.1) is 6.42 Å². The molecule has 2 nitrogen and oxygen atoms in total. The third-order valence-electron chi connectivity index (χ3n) is 3.46. The highest BCUT2D eigenvalue weighted by Crippen LogP contribution is 2.30. The summed E-state index contributed by atoms with van der Waals surface area (Å²) in [6.45, 7) is 0.507. The van der Waals surface area contributed by atoms with Crippen LogP contribution in [-0.4, -0.2) is 24.0 Å². The van der Waals surface area contributed by atoms with Crippen LogP contribution in [0, 0.1) is 11.8 Å². The number of rotatable bonds is 5. The summed E-state index contributed by atoms with van der Waals surface area (Å²) in [4.78, 5) is 11.3. The van der Waals surface area contributed by atoms with Crippen LogP contribution >= 0.6 is 15.9 Å². The van der Waals surface area contributed by atoms with Crippen molar-refractivity contribution in [3.8, 4) is 0 Å². The summed E-state index contributed by atoms with van der Waals surface area (Å²) in [7, 11) is 0. The number of halogens is 4. The van der Waals surface area contributed by atoms with E-state index in [1.807, 2.05) is 0 Å². The number of alkyl halides is 4. The molecule has 1 aliphatic carbocycles. The van der Waals surface area contributed by atoms with Gasteiger partial charge >= 0.3 is 6.18 Å². The predicted octanol–water partition coefficient (Wildman–Crippen LogP) is 3.65. The lowest BCUT2D eigenvalue weighted by Gasteiger charge is -2.30. The van der Waals surface area contributed by atoms with E-state index in [0.717, 1.165) is 24.6 Å². The second-order valence-electron chi connectivity index (χ2n) is 4.88. The van der Waals surface area contributed by atoms with Crippen LogP contribution in [0.25, 0.3) is 0 Å². The van der Waals surface area contributed by atoms with E-state index in [1.54, 1.807) is 0 Å². The van der Waals surface area contributed by atoms with E-state index in [-0.39, 0.29) is 0 Å². The molecule has 1 fully saturated rings. The van der Waals surface area contributed by atoms with Gasteiger partial charge in [0.15, 0.2) is 0 Å². The summed E-state index contributed by atoms with van der Waals surface area (Å²) in [5, 5.41) is 3.53. The van der Waals surface area contributed by atoms with Gasteiger partial charge < -0.3 is 5.32 Å². The predicted molar refractivity (Wildman–Crippen MR) is 67.5 cm³/mol. The van der Waals surface area contributed by atoms with Crippen LogP contribution in [-0.2, 0) is 4.79 Å². The minimum Gasteiger partial charge on any atom is -0.356 e. The molecule has 18 heavy (non-hydrogen) atoms. The molecule has 0 bridgehead atoms. The van der Waals surface area contributed by atoms with Crippen LogP contribution in [0.3, 0.4) is 0 Å². The second kappa shape index (κ2) is 7.36. The number of hydrogen-bond donors (Lipinski definition) is 1. The quantitative estimate of drug-likeness (QED) is 0.766. The van der Waals surface area contributed by atoms with Crippen molar-refractivity contribution in [2.75, 3.05) is 11.9 Å². The van der Waals surface area contributed by atoms with Crippen molar-refractivity contribution in [1.29, 1.82) is 0 Å². The van der Waals surface area contributed by atoms with E-state index < -0.39 is 24.9 Å². The van der Waals surface area contributed by atoms with Gasteiger partial charge in [-0.2, -0.15) is 13.2 Å². The Morgan fingerprint density at radius 2 is 1.83 bits per heavy atom. The molecule has 1 amide bonds. The minimum atomic E-state index is -4.25. The smallest absolute Gasteiger partial charge is 0.356 e. The maximum absolute atomic E-state index is 11.9. The summed E-state index contributed by atoms with van der Waals surface area (Å²) in [6.07, 6.45) is -1.22. The highest BCUT2D eigenvalue weighted by molar-refractivity contribution is 9.09. The average molecular weight is 330 g/mol. The number of nitrogens with one attached hydrogen (secondary N) is 1. The fourth-order valence-electron chi connectivity index (χ4n) is 2.34. The Hall–Kier alpha value is -0.260. The van der Waals surface area contributed by atoms with Gasteiger partial charge in [-0.1, -0.05) is 28.8 Å². The molecule has 2 atom stereocenters. The highest BCUT2D eigenvalue weighted by Gasteiger charge is 2.28. The van der Waals surface area contributed by atoms with Gasteiger partial charge in [-0.3, -0.25) is 4.79 Å². The monoisotopic (exact) mass is 329 g/mol. The van der Waals surface area contributed by atoms with Crippen LogP contribution in [0.5, 0.6) is 0 Å². The van der Waals surface area contributed by atoms with E-state index in [9.17, 15) is 18.0 Å². The lowest BCUT2D eigenvalue weighted by atomic mass is 9.80. The summed E-state index contributed by atoms with van der Waals surface area (Å²) >= 11 is 3.45. The van der Waals surface area contributed by atoms with Crippen molar-refractivity contribution in [1.82, 2.24) is 5.32 Å². The van der Waals surface area contributed by atoms with Gasteiger partial charge in [0.2, 0.25) is 5.91 Å². The van der Waals surface area contributed by atoms with Crippen LogP contribution in [0.15, 0.2) is 0 Å². The first-order valence-corrected chi connectivity index (χ1v) is 7.44. The molecule has 1 aliphatic rings. The maximum atomic E-state index is 11.9. The molecule has 0 saturated heterocycles. The van der Waals surface area contributed by atoms with Gasteiger partial charge in [0, 0.05) is 18.3 Å². The van der Waals surface area contributed by atoms with E-state index in [1.165, 1.54) is 6.42 Å². The van der Waals surface area contributed by atoms with Crippen LogP contribution in [0.2, 0.25) is 0 Å². The van der Waals surface area contributed by atoms with Gasteiger partial charge in [0.25, 0.3) is 0 Å². The largest absolute Gasteiger partial charge is 0.389 e. The zero-order chi connectivity index (χ0) is 13.6. The lowest BCUT2D eigenvalue weighted by Crippen LogP contribution is -2.35. The molecule has 2 unspecified atom stereocenters. The summed E-state index contributed by atoms with van der Waals surface area (Å²) in [5.41, 5.74) is 0. The third-order valence-corrected chi connectivity index (χ3v) is 4.29. The van der Waals surface area contributed by atoms with Crippen LogP contribution in [0.4, 0.5) is 13.2 Å². The Morgan fingerprint density at radius 3 is 2.39 bits per heavy atom. The number of carbonyl (C=O) groups excluding carboxylic acids is 1. The van der Waals surface area contributed by atoms with Crippen molar-refractivity contribution in [3.05, 3.63) is 0 Å². The third kappa shape index (κ3) is 6.07. The normalized spacial score (nSPS) is 24.9. The highest BCUT2D eigenvalue weighted by atomic mass is 79.9. The molecule has 0 spiro atoms. The fraction of sp³-hybridized carbons (Fsp3) is 0.917. The van der Waals surface area contributed by atoms with E-state index in [0.29, 0.717) is 18.4 Å². The Kier molecular flexibility index (Phi) is 6.46. The summed E-state index contributed by atoms with van der Waals surface area (Å²) in [6, 6.07) is 0. The topological polar surface area (TPSA) is 29.1 Å². The number of carbonyl (C=O) groups is 1. The molecule has 0 aromatic rings. The molecule has 0 aromatic carbocycles. The van der Waals surface area contributed by atoms with Crippen LogP contribution in [0.1, 0.15) is 38.5 Å². The zero-order valence-corrected chi connectivity index (χ0v) is 11.8. The maximum Gasteiger partial charge on any atom is 0.389 e. The van der Waals surface area contributed by atoms with Crippen molar-refractivity contribution < 1.29 is 18.0 Å². The number of amides is 1. The van der Waals surface area contributed by atoms with Gasteiger partial charge in [0.1, 0.15) is 0 Å². The fourth-order valence-corrected chi connectivity index (χ4v) is 3.20. The molecule has 1 rings (SSSR count).